The highest BCUT2D eigenvalue weighted by atomic mass is 35.5. The number of carbonyl (C=O) groups is 1. The van der Waals surface area contributed by atoms with E-state index in [-0.39, 0.29) is 17.5 Å². The second kappa shape index (κ2) is 5.88. The highest BCUT2D eigenvalue weighted by Gasteiger charge is 2.23. The summed E-state index contributed by atoms with van der Waals surface area (Å²) in [5.41, 5.74) is 0.822. The normalized spacial score (nSPS) is 17.9. The Kier molecular flexibility index (Phi) is 4.39. The van der Waals surface area contributed by atoms with Crippen LogP contribution in [0.5, 0.6) is 5.75 Å². The Hall–Kier alpha value is -1.47. The van der Waals surface area contributed by atoms with Crippen molar-refractivity contribution < 1.29 is 17.9 Å². The van der Waals surface area contributed by atoms with Gasteiger partial charge >= 0.3 is 0 Å². The van der Waals surface area contributed by atoms with Gasteiger partial charge in [0.1, 0.15) is 5.75 Å². The van der Waals surface area contributed by atoms with Gasteiger partial charge in [-0.15, -0.1) is 11.6 Å². The molecule has 1 aliphatic heterocycles. The zero-order valence-corrected chi connectivity index (χ0v) is 12.4. The first-order valence-corrected chi connectivity index (χ1v) is 8.28. The van der Waals surface area contributed by atoms with Crippen LogP contribution in [0, 0.1) is 0 Å². The number of amides is 1. The van der Waals surface area contributed by atoms with Crippen molar-refractivity contribution in [2.45, 2.75) is 19.4 Å². The Morgan fingerprint density at radius 1 is 1.45 bits per heavy atom. The van der Waals surface area contributed by atoms with Gasteiger partial charge in [0.25, 0.3) is 5.91 Å². The van der Waals surface area contributed by atoms with Gasteiger partial charge in [-0.1, -0.05) is 0 Å². The van der Waals surface area contributed by atoms with Crippen molar-refractivity contribution in [1.82, 2.24) is 0 Å². The Balaban J connectivity index is 2.16. The molecule has 1 aliphatic rings. The van der Waals surface area contributed by atoms with Crippen LogP contribution in [0.25, 0.3) is 0 Å². The molecule has 1 amide bonds. The zero-order chi connectivity index (χ0) is 14.8. The Bertz CT molecular complexity index is 618. The summed E-state index contributed by atoms with van der Waals surface area (Å²) in [6, 6.07) is 4.73. The number of nitrogens with one attached hydrogen (secondary N) is 2. The fraction of sp³-hybridized carbons (Fsp3) is 0.417. The molecule has 1 atom stereocenters. The van der Waals surface area contributed by atoms with E-state index in [0.29, 0.717) is 23.5 Å². The van der Waals surface area contributed by atoms with Crippen LogP contribution in [0.3, 0.4) is 0 Å². The molecule has 0 aromatic heterocycles. The smallest absolute Gasteiger partial charge is 0.265 e. The molecule has 1 aromatic carbocycles. The van der Waals surface area contributed by atoms with Gasteiger partial charge in [-0.05, 0) is 31.5 Å². The number of halogens is 1. The van der Waals surface area contributed by atoms with E-state index in [0.717, 1.165) is 0 Å². The number of sulfonamides is 1. The standard InChI is InChI=1S/C12H15ClN2O4S/c1-8-12(16)14-10-7-9(3-4-11(10)19-8)15-20(17,18)6-2-5-13/h3-4,7-8,15H,2,5-6H2,1H3,(H,14,16). The zero-order valence-electron chi connectivity index (χ0n) is 10.8. The number of rotatable bonds is 5. The molecule has 6 nitrogen and oxygen atoms in total. The van der Waals surface area contributed by atoms with Crippen LogP contribution in [0.1, 0.15) is 13.3 Å². The Morgan fingerprint density at radius 3 is 2.90 bits per heavy atom. The highest BCUT2D eigenvalue weighted by molar-refractivity contribution is 7.92. The van der Waals surface area contributed by atoms with Crippen LogP contribution in [0.2, 0.25) is 0 Å². The molecule has 0 fully saturated rings. The molecule has 0 aliphatic carbocycles. The number of hydrogen-bond acceptors (Lipinski definition) is 4. The van der Waals surface area contributed by atoms with Crippen molar-refractivity contribution >= 4 is 38.9 Å². The molecule has 0 radical (unpaired) electrons. The maximum Gasteiger partial charge on any atom is 0.265 e. The molecule has 0 spiro atoms. The average Bonchev–Trinajstić information content (AvgIpc) is 2.38. The van der Waals surface area contributed by atoms with Gasteiger partial charge in [-0.3, -0.25) is 9.52 Å². The van der Waals surface area contributed by atoms with Gasteiger partial charge in [0.05, 0.1) is 17.1 Å². The van der Waals surface area contributed by atoms with E-state index in [1.807, 2.05) is 0 Å². The molecule has 0 bridgehead atoms. The van der Waals surface area contributed by atoms with Gasteiger partial charge in [-0.25, -0.2) is 8.42 Å². The van der Waals surface area contributed by atoms with Crippen LogP contribution in [0.4, 0.5) is 11.4 Å². The molecule has 1 heterocycles. The highest BCUT2D eigenvalue weighted by Crippen LogP contribution is 2.32. The summed E-state index contributed by atoms with van der Waals surface area (Å²) in [6.07, 6.45) is -0.187. The van der Waals surface area contributed by atoms with Gasteiger partial charge in [-0.2, -0.15) is 0 Å². The summed E-state index contributed by atoms with van der Waals surface area (Å²) in [5.74, 6) is 0.487. The lowest BCUT2D eigenvalue weighted by Gasteiger charge is -2.23. The third-order valence-electron chi connectivity index (χ3n) is 2.73. The van der Waals surface area contributed by atoms with Crippen LogP contribution >= 0.6 is 11.6 Å². The first-order valence-electron chi connectivity index (χ1n) is 6.09. The summed E-state index contributed by atoms with van der Waals surface area (Å²) >= 11 is 5.48. The lowest BCUT2D eigenvalue weighted by Crippen LogP contribution is -2.34. The predicted octanol–water partition coefficient (Wildman–Crippen LogP) is 1.78. The maximum atomic E-state index is 11.8. The van der Waals surface area contributed by atoms with Crippen molar-refractivity contribution in [1.29, 1.82) is 0 Å². The number of anilines is 2. The minimum absolute atomic E-state index is 0.0481. The number of fused-ring (bicyclic) bond motifs is 1. The quantitative estimate of drug-likeness (QED) is 0.810. The Labute approximate surface area is 122 Å². The van der Waals surface area contributed by atoms with Crippen molar-refractivity contribution in [3.8, 4) is 5.75 Å². The largest absolute Gasteiger partial charge is 0.479 e. The Morgan fingerprint density at radius 2 is 2.20 bits per heavy atom. The van der Waals surface area contributed by atoms with Gasteiger partial charge in [0.15, 0.2) is 6.10 Å². The number of ether oxygens (including phenoxy) is 1. The second-order valence-electron chi connectivity index (χ2n) is 4.42. The summed E-state index contributed by atoms with van der Waals surface area (Å²) in [5, 5.41) is 2.66. The number of hydrogen-bond donors (Lipinski definition) is 2. The molecule has 2 rings (SSSR count). The number of alkyl halides is 1. The van der Waals surface area contributed by atoms with E-state index in [1.54, 1.807) is 19.1 Å². The van der Waals surface area contributed by atoms with Crippen molar-refractivity contribution in [3.05, 3.63) is 18.2 Å². The van der Waals surface area contributed by atoms with E-state index in [1.165, 1.54) is 6.07 Å². The van der Waals surface area contributed by atoms with E-state index < -0.39 is 16.1 Å². The summed E-state index contributed by atoms with van der Waals surface area (Å²) in [6.45, 7) is 1.64. The lowest BCUT2D eigenvalue weighted by atomic mass is 10.2. The van der Waals surface area contributed by atoms with Crippen LogP contribution in [0.15, 0.2) is 18.2 Å². The van der Waals surface area contributed by atoms with Crippen molar-refractivity contribution in [2.75, 3.05) is 21.7 Å². The molecular weight excluding hydrogens is 304 g/mol. The molecule has 2 N–H and O–H groups in total. The lowest BCUT2D eigenvalue weighted by molar-refractivity contribution is -0.122. The van der Waals surface area contributed by atoms with Crippen molar-refractivity contribution in [2.24, 2.45) is 0 Å². The first kappa shape index (κ1) is 14.9. The minimum Gasteiger partial charge on any atom is -0.479 e. The van der Waals surface area contributed by atoms with E-state index in [4.69, 9.17) is 16.3 Å². The van der Waals surface area contributed by atoms with Crippen LogP contribution in [-0.2, 0) is 14.8 Å². The maximum absolute atomic E-state index is 11.8. The SMILES string of the molecule is CC1Oc2ccc(NS(=O)(=O)CCCCl)cc2NC1=O. The second-order valence-corrected chi connectivity index (χ2v) is 6.64. The predicted molar refractivity (Wildman–Crippen MR) is 77.9 cm³/mol. The third kappa shape index (κ3) is 3.55. The summed E-state index contributed by atoms with van der Waals surface area (Å²) in [4.78, 5) is 11.5. The minimum atomic E-state index is -3.44. The van der Waals surface area contributed by atoms with Gasteiger partial charge in [0.2, 0.25) is 10.0 Å². The molecule has 0 saturated heterocycles. The van der Waals surface area contributed by atoms with Gasteiger partial charge in [0, 0.05) is 5.88 Å². The van der Waals surface area contributed by atoms with Crippen LogP contribution in [-0.4, -0.2) is 32.1 Å². The average molecular weight is 319 g/mol. The number of carbonyl (C=O) groups excluding carboxylic acids is 1. The fourth-order valence-corrected chi connectivity index (χ4v) is 3.15. The van der Waals surface area contributed by atoms with E-state index >= 15 is 0 Å². The molecule has 8 heteroatoms. The summed E-state index contributed by atoms with van der Waals surface area (Å²) < 4.78 is 31.3. The van der Waals surface area contributed by atoms with Crippen LogP contribution < -0.4 is 14.8 Å². The van der Waals surface area contributed by atoms with Crippen molar-refractivity contribution in [3.63, 3.8) is 0 Å². The molecule has 110 valence electrons. The third-order valence-corrected chi connectivity index (χ3v) is 4.37. The van der Waals surface area contributed by atoms with E-state index in [9.17, 15) is 13.2 Å². The number of benzene rings is 1. The molecule has 20 heavy (non-hydrogen) atoms. The van der Waals surface area contributed by atoms with E-state index in [2.05, 4.69) is 10.0 Å². The molecular formula is C12H15ClN2O4S. The topological polar surface area (TPSA) is 84.5 Å². The fourth-order valence-electron chi connectivity index (χ4n) is 1.75. The molecule has 0 saturated carbocycles. The summed E-state index contributed by atoms with van der Waals surface area (Å²) in [7, 11) is -3.44. The molecule has 1 aromatic rings. The molecule has 1 unspecified atom stereocenters. The first-order chi connectivity index (χ1) is 9.41. The van der Waals surface area contributed by atoms with Gasteiger partial charge < -0.3 is 10.1 Å². The monoisotopic (exact) mass is 318 g/mol.